The number of aromatic nitrogens is 3. The number of halogens is 2. The third-order valence-electron chi connectivity index (χ3n) is 3.86. The van der Waals surface area contributed by atoms with Gasteiger partial charge in [-0.3, -0.25) is 5.10 Å². The van der Waals surface area contributed by atoms with E-state index in [1.54, 1.807) is 25.3 Å². The SMILES string of the molecule is CNCc1nc(-c2cc(C(=N)/C=C/c3ccc(F)cc3)c(N)cc2F)n[nH]1. The Morgan fingerprint density at radius 1 is 1.26 bits per heavy atom. The average Bonchev–Trinajstić information content (AvgIpc) is 3.10. The molecule has 6 nitrogen and oxygen atoms in total. The summed E-state index contributed by atoms with van der Waals surface area (Å²) >= 11 is 0. The Bertz CT molecular complexity index is 992. The van der Waals surface area contributed by atoms with Crippen molar-refractivity contribution in [1.82, 2.24) is 20.5 Å². The molecule has 3 aromatic rings. The van der Waals surface area contributed by atoms with Gasteiger partial charge in [-0.05, 0) is 43.0 Å². The molecule has 0 saturated carbocycles. The quantitative estimate of drug-likeness (QED) is 0.396. The van der Waals surface area contributed by atoms with Crippen LogP contribution < -0.4 is 11.1 Å². The fourth-order valence-corrected chi connectivity index (χ4v) is 2.50. The third kappa shape index (κ3) is 4.24. The molecule has 0 fully saturated rings. The predicted molar refractivity (Wildman–Crippen MR) is 101 cm³/mol. The number of H-pyrrole nitrogens is 1. The Balaban J connectivity index is 1.90. The number of nitrogens with one attached hydrogen (secondary N) is 3. The first-order chi connectivity index (χ1) is 13.0. The van der Waals surface area contributed by atoms with Gasteiger partial charge < -0.3 is 16.5 Å². The van der Waals surface area contributed by atoms with E-state index in [9.17, 15) is 8.78 Å². The van der Waals surface area contributed by atoms with Gasteiger partial charge >= 0.3 is 0 Å². The van der Waals surface area contributed by atoms with E-state index in [0.717, 1.165) is 11.6 Å². The second-order valence-electron chi connectivity index (χ2n) is 5.85. The van der Waals surface area contributed by atoms with Crippen LogP contribution in [0.15, 0.2) is 42.5 Å². The first-order valence-electron chi connectivity index (χ1n) is 8.15. The lowest BCUT2D eigenvalue weighted by atomic mass is 10.0. The summed E-state index contributed by atoms with van der Waals surface area (Å²) < 4.78 is 27.3. The number of benzene rings is 2. The van der Waals surface area contributed by atoms with E-state index in [1.807, 2.05) is 0 Å². The summed E-state index contributed by atoms with van der Waals surface area (Å²) in [6.07, 6.45) is 3.17. The largest absolute Gasteiger partial charge is 0.398 e. The molecule has 0 spiro atoms. The molecule has 0 unspecified atom stereocenters. The number of rotatable bonds is 6. The number of nitrogen functional groups attached to an aromatic ring is 1. The van der Waals surface area contributed by atoms with E-state index >= 15 is 0 Å². The van der Waals surface area contributed by atoms with E-state index < -0.39 is 5.82 Å². The lowest BCUT2D eigenvalue weighted by Gasteiger charge is -2.07. The number of hydrogen-bond donors (Lipinski definition) is 4. The molecule has 1 aromatic heterocycles. The highest BCUT2D eigenvalue weighted by Gasteiger charge is 2.15. The van der Waals surface area contributed by atoms with Crippen LogP contribution in [0.1, 0.15) is 17.0 Å². The summed E-state index contributed by atoms with van der Waals surface area (Å²) in [5, 5.41) is 17.9. The Morgan fingerprint density at radius 3 is 2.70 bits per heavy atom. The highest BCUT2D eigenvalue weighted by molar-refractivity contribution is 6.12. The maximum Gasteiger partial charge on any atom is 0.184 e. The molecule has 138 valence electrons. The van der Waals surface area contributed by atoms with Crippen molar-refractivity contribution in [3.05, 3.63) is 71.1 Å². The lowest BCUT2D eigenvalue weighted by molar-refractivity contribution is 0.627. The molecule has 8 heteroatoms. The van der Waals surface area contributed by atoms with Crippen molar-refractivity contribution >= 4 is 17.5 Å². The van der Waals surface area contributed by atoms with Crippen LogP contribution in [0.3, 0.4) is 0 Å². The van der Waals surface area contributed by atoms with Crippen molar-refractivity contribution < 1.29 is 8.78 Å². The maximum absolute atomic E-state index is 14.3. The van der Waals surface area contributed by atoms with Gasteiger partial charge in [0, 0.05) is 11.3 Å². The Morgan fingerprint density at radius 2 is 2.00 bits per heavy atom. The molecule has 3 rings (SSSR count). The standard InChI is InChI=1S/C19H18F2N6/c1-24-10-18-25-19(27-26-18)13-8-14(17(23)9-15(13)21)16(22)7-4-11-2-5-12(20)6-3-11/h2-9,22,24H,10,23H2,1H3,(H,25,26,27)/b7-4+,22-16?. The summed E-state index contributed by atoms with van der Waals surface area (Å²) in [6.45, 7) is 0.465. The Hall–Kier alpha value is -3.39. The van der Waals surface area contributed by atoms with Gasteiger partial charge in [-0.2, -0.15) is 5.10 Å². The summed E-state index contributed by atoms with van der Waals surface area (Å²) in [6, 6.07) is 8.46. The number of nitrogens with two attached hydrogens (primary N) is 1. The monoisotopic (exact) mass is 368 g/mol. The van der Waals surface area contributed by atoms with Crippen LogP contribution in [-0.2, 0) is 6.54 Å². The van der Waals surface area contributed by atoms with Gasteiger partial charge in [0.05, 0.1) is 17.8 Å². The van der Waals surface area contributed by atoms with Crippen LogP contribution in [0.2, 0.25) is 0 Å². The van der Waals surface area contributed by atoms with Gasteiger partial charge in [-0.15, -0.1) is 0 Å². The molecular formula is C19H18F2N6. The summed E-state index contributed by atoms with van der Waals surface area (Å²) in [5.41, 5.74) is 7.34. The zero-order chi connectivity index (χ0) is 19.4. The number of nitrogens with zero attached hydrogens (tertiary/aromatic N) is 2. The van der Waals surface area contributed by atoms with Crippen molar-refractivity contribution in [2.24, 2.45) is 0 Å². The molecule has 0 bridgehead atoms. The molecule has 1 heterocycles. The second-order valence-corrected chi connectivity index (χ2v) is 5.85. The highest BCUT2D eigenvalue weighted by Crippen LogP contribution is 2.26. The third-order valence-corrected chi connectivity index (χ3v) is 3.86. The van der Waals surface area contributed by atoms with E-state index in [-0.39, 0.29) is 28.6 Å². The van der Waals surface area contributed by atoms with Crippen molar-refractivity contribution in [2.45, 2.75) is 6.54 Å². The number of allylic oxidation sites excluding steroid dienone is 1. The maximum atomic E-state index is 14.3. The Labute approximate surface area is 154 Å². The number of aromatic amines is 1. The smallest absolute Gasteiger partial charge is 0.184 e. The summed E-state index contributed by atoms with van der Waals surface area (Å²) in [5.74, 6) is -0.147. The average molecular weight is 368 g/mol. The molecule has 0 aliphatic carbocycles. The van der Waals surface area contributed by atoms with Crippen LogP contribution in [0, 0.1) is 17.0 Å². The van der Waals surface area contributed by atoms with Crippen molar-refractivity contribution in [3.63, 3.8) is 0 Å². The van der Waals surface area contributed by atoms with Crippen LogP contribution in [0.25, 0.3) is 17.5 Å². The van der Waals surface area contributed by atoms with Crippen LogP contribution in [-0.4, -0.2) is 27.9 Å². The summed E-state index contributed by atoms with van der Waals surface area (Å²) in [7, 11) is 1.76. The van der Waals surface area contributed by atoms with Gasteiger partial charge in [0.2, 0.25) is 0 Å². The molecule has 0 amide bonds. The predicted octanol–water partition coefficient (Wildman–Crippen LogP) is 3.13. The van der Waals surface area contributed by atoms with Crippen molar-refractivity contribution in [3.8, 4) is 11.4 Å². The van der Waals surface area contributed by atoms with Gasteiger partial charge in [0.25, 0.3) is 0 Å². The minimum atomic E-state index is -0.568. The number of hydrogen-bond acceptors (Lipinski definition) is 5. The van der Waals surface area contributed by atoms with E-state index in [1.165, 1.54) is 24.3 Å². The van der Waals surface area contributed by atoms with E-state index in [4.69, 9.17) is 11.1 Å². The molecular weight excluding hydrogens is 350 g/mol. The van der Waals surface area contributed by atoms with Gasteiger partial charge in [0.1, 0.15) is 17.5 Å². The zero-order valence-electron chi connectivity index (χ0n) is 14.6. The molecule has 0 saturated heterocycles. The molecule has 2 aromatic carbocycles. The van der Waals surface area contributed by atoms with Crippen LogP contribution >= 0.6 is 0 Å². The first kappa shape index (κ1) is 18.4. The number of anilines is 1. The molecule has 5 N–H and O–H groups in total. The fourth-order valence-electron chi connectivity index (χ4n) is 2.50. The normalized spacial score (nSPS) is 11.2. The fraction of sp³-hybridized carbons (Fsp3) is 0.105. The first-order valence-corrected chi connectivity index (χ1v) is 8.15. The molecule has 0 aliphatic heterocycles. The topological polar surface area (TPSA) is 103 Å². The van der Waals surface area contributed by atoms with Gasteiger partial charge in [-0.1, -0.05) is 18.2 Å². The highest BCUT2D eigenvalue weighted by atomic mass is 19.1. The minimum absolute atomic E-state index is 0.0871. The Kier molecular flexibility index (Phi) is 5.37. The molecule has 27 heavy (non-hydrogen) atoms. The zero-order valence-corrected chi connectivity index (χ0v) is 14.6. The molecule has 0 radical (unpaired) electrons. The van der Waals surface area contributed by atoms with E-state index in [2.05, 4.69) is 20.5 Å². The van der Waals surface area contributed by atoms with Gasteiger partial charge in [-0.25, -0.2) is 13.8 Å². The van der Waals surface area contributed by atoms with Crippen LogP contribution in [0.4, 0.5) is 14.5 Å². The van der Waals surface area contributed by atoms with Crippen LogP contribution in [0.5, 0.6) is 0 Å². The van der Waals surface area contributed by atoms with Gasteiger partial charge in [0.15, 0.2) is 5.82 Å². The summed E-state index contributed by atoms with van der Waals surface area (Å²) in [4.78, 5) is 4.23. The second kappa shape index (κ2) is 7.88. The minimum Gasteiger partial charge on any atom is -0.398 e. The van der Waals surface area contributed by atoms with Crippen molar-refractivity contribution in [2.75, 3.05) is 12.8 Å². The lowest BCUT2D eigenvalue weighted by Crippen LogP contribution is -2.06. The van der Waals surface area contributed by atoms with E-state index in [0.29, 0.717) is 17.9 Å². The molecule has 0 atom stereocenters. The molecule has 0 aliphatic rings. The van der Waals surface area contributed by atoms with Crippen molar-refractivity contribution in [1.29, 1.82) is 5.41 Å².